The fraction of sp³-hybridized carbons (Fsp3) is 0.273. The topological polar surface area (TPSA) is 76.7 Å². The van der Waals surface area contributed by atoms with Crippen LogP contribution in [0.5, 0.6) is 0 Å². The maximum Gasteiger partial charge on any atom is 0.338 e. The van der Waals surface area contributed by atoms with Gasteiger partial charge in [0.25, 0.3) is 0 Å². The molecule has 1 unspecified atom stereocenters. The van der Waals surface area contributed by atoms with Gasteiger partial charge in [-0.1, -0.05) is 18.2 Å². The van der Waals surface area contributed by atoms with Gasteiger partial charge in [-0.2, -0.15) is 0 Å². The molecule has 146 valence electrons. The Morgan fingerprint density at radius 1 is 1.00 bits per heavy atom. The molecular weight excluding hydrogens is 356 g/mol. The number of para-hydroxylation sites is 1. The van der Waals surface area contributed by atoms with E-state index in [-0.39, 0.29) is 13.2 Å². The van der Waals surface area contributed by atoms with Crippen LogP contribution >= 0.6 is 0 Å². The lowest BCUT2D eigenvalue weighted by Gasteiger charge is -2.32. The van der Waals surface area contributed by atoms with Crippen molar-refractivity contribution in [3.63, 3.8) is 0 Å². The monoisotopic (exact) mass is 380 g/mol. The van der Waals surface area contributed by atoms with E-state index >= 15 is 0 Å². The van der Waals surface area contributed by atoms with Gasteiger partial charge in [0.15, 0.2) is 5.54 Å². The molecule has 1 aliphatic heterocycles. The number of fused-ring (bicyclic) bond motifs is 1. The highest BCUT2D eigenvalue weighted by atomic mass is 16.5. The molecule has 2 N–H and O–H groups in total. The van der Waals surface area contributed by atoms with Crippen LogP contribution in [0.1, 0.15) is 26.3 Å². The van der Waals surface area contributed by atoms with E-state index in [4.69, 9.17) is 9.47 Å². The first-order valence-electron chi connectivity index (χ1n) is 9.28. The molecule has 0 amide bonds. The second kappa shape index (κ2) is 8.17. The van der Waals surface area contributed by atoms with E-state index < -0.39 is 17.5 Å². The van der Waals surface area contributed by atoms with Crippen molar-refractivity contribution >= 4 is 34.6 Å². The summed E-state index contributed by atoms with van der Waals surface area (Å²) in [5.74, 6) is -0.924. The predicted octanol–water partition coefficient (Wildman–Crippen LogP) is 4.12. The normalized spacial score (nSPS) is 17.6. The van der Waals surface area contributed by atoms with Gasteiger partial charge in [0.1, 0.15) is 0 Å². The average molecular weight is 380 g/mol. The number of rotatable bonds is 6. The third kappa shape index (κ3) is 4.01. The molecule has 1 aliphatic rings. The Kier molecular flexibility index (Phi) is 5.68. The zero-order chi connectivity index (χ0) is 20.1. The molecule has 1 heterocycles. The van der Waals surface area contributed by atoms with Gasteiger partial charge < -0.3 is 20.1 Å². The zero-order valence-corrected chi connectivity index (χ0v) is 16.2. The summed E-state index contributed by atoms with van der Waals surface area (Å²) in [6.45, 7) is 5.68. The summed E-state index contributed by atoms with van der Waals surface area (Å²) < 4.78 is 10.4. The van der Waals surface area contributed by atoms with Crippen LogP contribution in [0.3, 0.4) is 0 Å². The summed E-state index contributed by atoms with van der Waals surface area (Å²) >= 11 is 0. The van der Waals surface area contributed by atoms with E-state index in [2.05, 4.69) is 10.6 Å². The molecule has 2 aromatic rings. The third-order valence-electron chi connectivity index (χ3n) is 4.39. The molecule has 0 fully saturated rings. The maximum absolute atomic E-state index is 12.6. The lowest BCUT2D eigenvalue weighted by Crippen LogP contribution is -2.45. The molecule has 3 rings (SSSR count). The van der Waals surface area contributed by atoms with Crippen molar-refractivity contribution in [3.8, 4) is 0 Å². The van der Waals surface area contributed by atoms with E-state index in [1.165, 1.54) is 0 Å². The molecule has 0 radical (unpaired) electrons. The summed E-state index contributed by atoms with van der Waals surface area (Å²) in [4.78, 5) is 25.1. The van der Waals surface area contributed by atoms with Gasteiger partial charge in [0, 0.05) is 22.6 Å². The van der Waals surface area contributed by atoms with Crippen LogP contribution in [0.15, 0.2) is 54.6 Å². The Balaban J connectivity index is 2.01. The van der Waals surface area contributed by atoms with Gasteiger partial charge in [0.05, 0.1) is 18.8 Å². The maximum atomic E-state index is 12.6. The van der Waals surface area contributed by atoms with Crippen molar-refractivity contribution in [2.75, 3.05) is 23.8 Å². The molecule has 1 atom stereocenters. The number of hydrogen-bond donors (Lipinski definition) is 2. The quantitative estimate of drug-likeness (QED) is 0.734. The van der Waals surface area contributed by atoms with Crippen LogP contribution < -0.4 is 10.6 Å². The van der Waals surface area contributed by atoms with E-state index in [9.17, 15) is 9.59 Å². The third-order valence-corrected chi connectivity index (χ3v) is 4.39. The molecule has 0 spiro atoms. The Bertz CT molecular complexity index is 908. The summed E-state index contributed by atoms with van der Waals surface area (Å²) in [6.07, 6.45) is 1.58. The number of carbonyl (C=O) groups excluding carboxylic acids is 2. The highest BCUT2D eigenvalue weighted by Gasteiger charge is 2.39. The molecule has 6 nitrogen and oxygen atoms in total. The van der Waals surface area contributed by atoms with Crippen molar-refractivity contribution in [2.45, 2.75) is 26.3 Å². The minimum Gasteiger partial charge on any atom is -0.464 e. The minimum absolute atomic E-state index is 0.247. The highest BCUT2D eigenvalue weighted by Crippen LogP contribution is 2.37. The first-order valence-corrected chi connectivity index (χ1v) is 9.28. The average Bonchev–Trinajstić information content (AvgIpc) is 2.69. The lowest BCUT2D eigenvalue weighted by molar-refractivity contribution is -0.146. The second-order valence-corrected chi connectivity index (χ2v) is 6.58. The fourth-order valence-electron chi connectivity index (χ4n) is 3.09. The van der Waals surface area contributed by atoms with Gasteiger partial charge in [-0.15, -0.1) is 0 Å². The number of ether oxygens (including phenoxy) is 2. The number of anilines is 3. The van der Waals surface area contributed by atoms with Gasteiger partial charge in [-0.3, -0.25) is 0 Å². The van der Waals surface area contributed by atoms with Gasteiger partial charge >= 0.3 is 11.9 Å². The summed E-state index contributed by atoms with van der Waals surface area (Å²) in [6, 6.07) is 15.3. The smallest absolute Gasteiger partial charge is 0.338 e. The molecule has 0 saturated heterocycles. The minimum atomic E-state index is -1.15. The van der Waals surface area contributed by atoms with Crippen LogP contribution in [0.4, 0.5) is 17.1 Å². The van der Waals surface area contributed by atoms with Crippen LogP contribution in [-0.4, -0.2) is 30.7 Å². The number of hydrogen-bond acceptors (Lipinski definition) is 6. The van der Waals surface area contributed by atoms with E-state index in [1.807, 2.05) is 48.5 Å². The summed E-state index contributed by atoms with van der Waals surface area (Å²) in [7, 11) is 0. The first kappa shape index (κ1) is 19.5. The van der Waals surface area contributed by atoms with Gasteiger partial charge in [-0.25, -0.2) is 9.59 Å². The zero-order valence-electron chi connectivity index (χ0n) is 16.2. The highest BCUT2D eigenvalue weighted by molar-refractivity contribution is 6.20. The Hall–Kier alpha value is -3.28. The van der Waals surface area contributed by atoms with Crippen molar-refractivity contribution in [1.82, 2.24) is 0 Å². The van der Waals surface area contributed by atoms with Crippen molar-refractivity contribution in [2.24, 2.45) is 0 Å². The molecule has 0 aromatic heterocycles. The number of esters is 2. The molecular formula is C22H24N2O4. The molecule has 0 saturated carbocycles. The van der Waals surface area contributed by atoms with Gasteiger partial charge in [0.2, 0.25) is 0 Å². The molecule has 28 heavy (non-hydrogen) atoms. The lowest BCUT2D eigenvalue weighted by atomic mass is 9.88. The van der Waals surface area contributed by atoms with E-state index in [0.717, 1.165) is 11.4 Å². The van der Waals surface area contributed by atoms with Crippen LogP contribution in [0.2, 0.25) is 0 Å². The molecule has 6 heteroatoms. The largest absolute Gasteiger partial charge is 0.464 e. The number of carbonyl (C=O) groups is 2. The second-order valence-electron chi connectivity index (χ2n) is 6.58. The summed E-state index contributed by atoms with van der Waals surface area (Å²) in [5, 5.41) is 6.50. The fourth-order valence-corrected chi connectivity index (χ4v) is 3.09. The van der Waals surface area contributed by atoms with E-state index in [1.54, 1.807) is 26.8 Å². The van der Waals surface area contributed by atoms with Crippen molar-refractivity contribution in [3.05, 3.63) is 60.2 Å². The van der Waals surface area contributed by atoms with Crippen LogP contribution in [0.25, 0.3) is 5.57 Å². The molecule has 0 bridgehead atoms. The Labute approximate surface area is 164 Å². The van der Waals surface area contributed by atoms with Gasteiger partial charge in [-0.05, 0) is 57.2 Å². The molecule has 0 aliphatic carbocycles. The molecule has 2 aromatic carbocycles. The summed E-state index contributed by atoms with van der Waals surface area (Å²) in [5.41, 5.74) is 2.27. The van der Waals surface area contributed by atoms with Crippen molar-refractivity contribution in [1.29, 1.82) is 0 Å². The number of nitrogens with one attached hydrogen (secondary N) is 2. The predicted molar refractivity (Wildman–Crippen MR) is 109 cm³/mol. The first-order chi connectivity index (χ1) is 13.5. The standard InChI is InChI=1S/C22H24N2O4/c1-4-27-20(25)18-14-22(3,21(26)28-5-2)24-19-12-11-16(13-17(18)19)23-15-9-7-6-8-10-15/h6-14,23-24H,4-5H2,1-3H3. The van der Waals surface area contributed by atoms with E-state index in [0.29, 0.717) is 16.8 Å². The Morgan fingerprint density at radius 2 is 1.71 bits per heavy atom. The van der Waals surface area contributed by atoms with Crippen LogP contribution in [-0.2, 0) is 19.1 Å². The number of benzene rings is 2. The Morgan fingerprint density at radius 3 is 2.39 bits per heavy atom. The SMILES string of the molecule is CCOC(=O)C1=CC(C)(C(=O)OCC)Nc2ccc(Nc3ccccc3)cc21. The van der Waals surface area contributed by atoms with Crippen molar-refractivity contribution < 1.29 is 19.1 Å². The van der Waals surface area contributed by atoms with Crippen LogP contribution in [0, 0.1) is 0 Å².